The Kier molecular flexibility index (Phi) is 5.35. The summed E-state index contributed by atoms with van der Waals surface area (Å²) in [4.78, 5) is 11.4. The van der Waals surface area contributed by atoms with Crippen LogP contribution in [-0.2, 0) is 20.6 Å². The third-order valence-electron chi connectivity index (χ3n) is 2.93. The lowest BCUT2D eigenvalue weighted by atomic mass is 10.2. The fourth-order valence-corrected chi connectivity index (χ4v) is 1.94. The molecule has 0 radical (unpaired) electrons. The number of carbonyl (C=O) groups excluding carboxylic acids is 1. The molecule has 0 aliphatic carbocycles. The fraction of sp³-hybridized carbons (Fsp3) is 0.692. The first-order valence-corrected chi connectivity index (χ1v) is 6.74. The van der Waals surface area contributed by atoms with Crippen LogP contribution in [0, 0.1) is 0 Å². The highest BCUT2D eigenvalue weighted by molar-refractivity contribution is 5.87. The molecule has 1 saturated heterocycles. The van der Waals surface area contributed by atoms with Crippen LogP contribution in [0.4, 0.5) is 0 Å². The molecule has 1 N–H and O–H groups in total. The summed E-state index contributed by atoms with van der Waals surface area (Å²) in [6.07, 6.45) is 3.81. The van der Waals surface area contributed by atoms with Crippen molar-refractivity contribution in [1.29, 1.82) is 0 Å². The molecule has 0 saturated carbocycles. The minimum absolute atomic E-state index is 0.0822. The summed E-state index contributed by atoms with van der Waals surface area (Å²) in [5.41, 5.74) is 1.17. The van der Waals surface area contributed by atoms with Crippen LogP contribution in [-0.4, -0.2) is 42.3 Å². The Labute approximate surface area is 112 Å². The predicted molar refractivity (Wildman–Crippen MR) is 67.8 cm³/mol. The van der Waals surface area contributed by atoms with Gasteiger partial charge in [-0.15, -0.1) is 0 Å². The van der Waals surface area contributed by atoms with E-state index in [1.54, 1.807) is 13.0 Å². The highest BCUT2D eigenvalue weighted by Crippen LogP contribution is 2.14. The maximum Gasteiger partial charge on any atom is 0.358 e. The summed E-state index contributed by atoms with van der Waals surface area (Å²) in [6, 6.07) is 1.70. The number of hydrogen-bond acceptors (Lipinski definition) is 5. The fourth-order valence-electron chi connectivity index (χ4n) is 1.94. The van der Waals surface area contributed by atoms with E-state index in [2.05, 4.69) is 10.2 Å². The van der Waals surface area contributed by atoms with Crippen LogP contribution >= 0.6 is 0 Å². The number of ether oxygens (including phenoxy) is 3. The van der Waals surface area contributed by atoms with Gasteiger partial charge in [-0.05, 0) is 32.3 Å². The number of esters is 1. The average Bonchev–Trinajstić information content (AvgIpc) is 2.89. The van der Waals surface area contributed by atoms with E-state index in [9.17, 15) is 4.79 Å². The molecular weight excluding hydrogens is 248 g/mol. The third-order valence-corrected chi connectivity index (χ3v) is 2.93. The molecule has 1 atom stereocenters. The monoisotopic (exact) mass is 268 g/mol. The third kappa shape index (κ3) is 4.33. The van der Waals surface area contributed by atoms with Crippen LogP contribution in [0.5, 0.6) is 0 Å². The van der Waals surface area contributed by atoms with E-state index in [-0.39, 0.29) is 6.29 Å². The van der Waals surface area contributed by atoms with E-state index in [0.29, 0.717) is 25.3 Å². The Morgan fingerprint density at radius 3 is 3.21 bits per heavy atom. The lowest BCUT2D eigenvalue weighted by molar-refractivity contribution is -0.161. The van der Waals surface area contributed by atoms with Crippen LogP contribution in [0.2, 0.25) is 0 Å². The predicted octanol–water partition coefficient (Wildman–Crippen LogP) is 1.67. The molecule has 2 heterocycles. The molecular formula is C13H20N2O4. The lowest BCUT2D eigenvalue weighted by Crippen LogP contribution is -2.23. The summed E-state index contributed by atoms with van der Waals surface area (Å²) in [5, 5.41) is 6.72. The van der Waals surface area contributed by atoms with Crippen LogP contribution in [0.1, 0.15) is 42.4 Å². The van der Waals surface area contributed by atoms with Gasteiger partial charge in [0.1, 0.15) is 0 Å². The van der Waals surface area contributed by atoms with Crippen molar-refractivity contribution in [2.75, 3.05) is 19.8 Å². The van der Waals surface area contributed by atoms with Gasteiger partial charge in [0.15, 0.2) is 12.0 Å². The van der Waals surface area contributed by atoms with Crippen molar-refractivity contribution in [3.05, 3.63) is 17.5 Å². The molecule has 1 aliphatic rings. The summed E-state index contributed by atoms with van der Waals surface area (Å²) in [5.74, 6) is -0.401. The van der Waals surface area contributed by atoms with Gasteiger partial charge in [0.25, 0.3) is 0 Å². The molecule has 6 nitrogen and oxygen atoms in total. The van der Waals surface area contributed by atoms with E-state index < -0.39 is 5.97 Å². The Morgan fingerprint density at radius 2 is 2.47 bits per heavy atom. The van der Waals surface area contributed by atoms with Crippen molar-refractivity contribution >= 4 is 5.97 Å². The molecule has 1 unspecified atom stereocenters. The summed E-state index contributed by atoms with van der Waals surface area (Å²) < 4.78 is 16.0. The van der Waals surface area contributed by atoms with Crippen molar-refractivity contribution in [3.63, 3.8) is 0 Å². The molecule has 1 fully saturated rings. The average molecular weight is 268 g/mol. The Hall–Kier alpha value is -1.40. The number of aromatic amines is 1. The zero-order valence-electron chi connectivity index (χ0n) is 11.2. The van der Waals surface area contributed by atoms with Crippen LogP contribution in [0.25, 0.3) is 0 Å². The van der Waals surface area contributed by atoms with Gasteiger partial charge < -0.3 is 14.2 Å². The molecule has 2 rings (SSSR count). The first-order chi connectivity index (χ1) is 9.29. The summed E-state index contributed by atoms with van der Waals surface area (Å²) >= 11 is 0. The van der Waals surface area contributed by atoms with E-state index >= 15 is 0 Å². The minimum atomic E-state index is -0.401. The topological polar surface area (TPSA) is 73.4 Å². The Balaban J connectivity index is 1.72. The number of nitrogens with zero attached hydrogens (tertiary/aromatic N) is 1. The zero-order chi connectivity index (χ0) is 13.5. The molecule has 6 heteroatoms. The molecule has 0 aromatic carbocycles. The molecule has 19 heavy (non-hydrogen) atoms. The van der Waals surface area contributed by atoms with Gasteiger partial charge in [0.2, 0.25) is 0 Å². The highest BCUT2D eigenvalue weighted by Gasteiger charge is 2.15. The highest BCUT2D eigenvalue weighted by atomic mass is 16.7. The molecule has 1 aliphatic heterocycles. The molecule has 0 amide bonds. The van der Waals surface area contributed by atoms with E-state index in [4.69, 9.17) is 14.2 Å². The van der Waals surface area contributed by atoms with Gasteiger partial charge in [0.05, 0.1) is 13.2 Å². The van der Waals surface area contributed by atoms with Crippen molar-refractivity contribution in [1.82, 2.24) is 10.2 Å². The second-order valence-electron chi connectivity index (χ2n) is 4.42. The molecule has 1 aromatic heterocycles. The van der Waals surface area contributed by atoms with Gasteiger partial charge in [-0.25, -0.2) is 4.79 Å². The minimum Gasteiger partial charge on any atom is -0.461 e. The van der Waals surface area contributed by atoms with Gasteiger partial charge in [-0.2, -0.15) is 5.10 Å². The largest absolute Gasteiger partial charge is 0.461 e. The second-order valence-corrected chi connectivity index (χ2v) is 4.42. The molecule has 0 bridgehead atoms. The SMILES string of the molecule is CCOC(=O)c1cc(CCOC2CCCCO2)[nH]n1. The van der Waals surface area contributed by atoms with Crippen LogP contribution in [0.3, 0.4) is 0 Å². The van der Waals surface area contributed by atoms with Crippen LogP contribution < -0.4 is 0 Å². The maximum absolute atomic E-state index is 11.4. The lowest BCUT2D eigenvalue weighted by Gasteiger charge is -2.22. The van der Waals surface area contributed by atoms with Crippen molar-refractivity contribution in [2.24, 2.45) is 0 Å². The number of rotatable bonds is 6. The Morgan fingerprint density at radius 1 is 1.58 bits per heavy atom. The van der Waals surface area contributed by atoms with Gasteiger partial charge in [0, 0.05) is 18.7 Å². The quantitative estimate of drug-likeness (QED) is 0.794. The van der Waals surface area contributed by atoms with E-state index in [1.807, 2.05) is 0 Å². The zero-order valence-corrected chi connectivity index (χ0v) is 11.2. The van der Waals surface area contributed by atoms with Gasteiger partial charge in [-0.3, -0.25) is 5.10 Å². The van der Waals surface area contributed by atoms with Gasteiger partial charge in [-0.1, -0.05) is 0 Å². The van der Waals surface area contributed by atoms with Crippen molar-refractivity contribution in [2.45, 2.75) is 38.9 Å². The summed E-state index contributed by atoms with van der Waals surface area (Å²) in [6.45, 7) is 3.45. The first kappa shape index (κ1) is 14.0. The van der Waals surface area contributed by atoms with Crippen LogP contribution in [0.15, 0.2) is 6.07 Å². The first-order valence-electron chi connectivity index (χ1n) is 6.74. The van der Waals surface area contributed by atoms with Crippen molar-refractivity contribution in [3.8, 4) is 0 Å². The number of nitrogens with one attached hydrogen (secondary N) is 1. The van der Waals surface area contributed by atoms with E-state index in [1.165, 1.54) is 0 Å². The second kappa shape index (κ2) is 7.25. The van der Waals surface area contributed by atoms with Gasteiger partial charge >= 0.3 is 5.97 Å². The molecule has 0 spiro atoms. The standard InChI is InChI=1S/C13H20N2O4/c1-2-17-13(16)11-9-10(14-15-11)6-8-19-12-5-3-4-7-18-12/h9,12H,2-8H2,1H3,(H,14,15). The smallest absolute Gasteiger partial charge is 0.358 e. The van der Waals surface area contributed by atoms with E-state index in [0.717, 1.165) is 31.6 Å². The number of hydrogen-bond donors (Lipinski definition) is 1. The Bertz CT molecular complexity index is 399. The molecule has 1 aromatic rings. The number of carbonyl (C=O) groups is 1. The summed E-state index contributed by atoms with van der Waals surface area (Å²) in [7, 11) is 0. The van der Waals surface area contributed by atoms with Crippen molar-refractivity contribution < 1.29 is 19.0 Å². The number of aromatic nitrogens is 2. The normalized spacial score (nSPS) is 19.3. The number of H-pyrrole nitrogens is 1. The molecule has 106 valence electrons. The maximum atomic E-state index is 11.4.